The maximum absolute atomic E-state index is 8.17. The van der Waals surface area contributed by atoms with Gasteiger partial charge in [0.25, 0.3) is 0 Å². The van der Waals surface area contributed by atoms with Crippen LogP contribution in [-0.2, 0) is 0 Å². The number of hydrogen-bond donors (Lipinski definition) is 48. The predicted octanol–water partition coefficient (Wildman–Crippen LogP) is -26.7. The molecule has 0 heterocycles. The lowest BCUT2D eigenvalue weighted by Crippen LogP contribution is -2.15. The van der Waals surface area contributed by atoms with Gasteiger partial charge in [-0.1, -0.05) is 0 Å². The Morgan fingerprint density at radius 2 is 0.0938 bits per heavy atom. The molecule has 0 aromatic carbocycles. The van der Waals surface area contributed by atoms with Crippen LogP contribution in [0.1, 0.15) is 0 Å². The summed E-state index contributed by atoms with van der Waals surface area (Å²) < 4.78 is 0. The highest BCUT2D eigenvalue weighted by atomic mass is 16.4. The molecule has 0 rings (SSSR count). The average Bonchev–Trinajstić information content (AvgIpc) is 3.66. The van der Waals surface area contributed by atoms with Crippen molar-refractivity contribution in [3.63, 3.8) is 0 Å². The molecule has 0 saturated heterocycles. The monoisotopic (exact) mass is 1470 g/mol. The lowest BCUT2D eigenvalue weighted by molar-refractivity contribution is 0.0450. The van der Waals surface area contributed by atoms with E-state index in [2.05, 4.69) is 0 Å². The molecular formula is C48H128O48. The van der Waals surface area contributed by atoms with Crippen LogP contribution in [0.15, 0.2) is 0 Å². The average molecular weight is 1470 g/mol. The fraction of sp³-hybridized carbons (Fsp3) is 1.00. The van der Waals surface area contributed by atoms with Gasteiger partial charge in [-0.3, -0.25) is 0 Å². The summed E-state index contributed by atoms with van der Waals surface area (Å²) in [5.74, 6) is 0. The molecule has 0 aliphatic rings. The third kappa shape index (κ3) is 198. The van der Waals surface area contributed by atoms with E-state index in [0.29, 0.717) is 0 Å². The molecule has 608 valence electrons. The summed E-state index contributed by atoms with van der Waals surface area (Å²) in [6, 6.07) is 0. The Bertz CT molecular complexity index is 724. The lowest BCUT2D eigenvalue weighted by Gasteiger charge is -1.96. The second kappa shape index (κ2) is 129. The molecular weight excluding hydrogens is 1340 g/mol. The minimum absolute atomic E-state index is 0.365. The highest BCUT2D eigenvalue weighted by Gasteiger charge is 2.01. The Labute approximate surface area is 553 Å². The van der Waals surface area contributed by atoms with Crippen molar-refractivity contribution in [1.82, 2.24) is 0 Å². The third-order valence-electron chi connectivity index (χ3n) is 6.74. The van der Waals surface area contributed by atoms with Crippen molar-refractivity contribution in [3.05, 3.63) is 0 Å². The summed E-state index contributed by atoms with van der Waals surface area (Å²) in [5, 5.41) is 384. The first-order valence-electron chi connectivity index (χ1n) is 27.3. The fourth-order valence-corrected chi connectivity index (χ4v) is 0.924. The lowest BCUT2D eigenvalue weighted by atomic mass is 10.4. The number of aliphatic hydroxyl groups is 48. The maximum atomic E-state index is 8.17. The highest BCUT2D eigenvalue weighted by Crippen LogP contribution is 1.79. The smallest absolute Gasteiger partial charge is 0.100 e. The van der Waals surface area contributed by atoms with Crippen LogP contribution in [-0.4, -0.2) is 554 Å². The Morgan fingerprint density at radius 3 is 0.0938 bits per heavy atom. The summed E-state index contributed by atoms with van der Waals surface area (Å²) in [5.41, 5.74) is 0. The number of rotatable bonds is 32. The first-order chi connectivity index (χ1) is 44.9. The summed E-state index contributed by atoms with van der Waals surface area (Å²) in [7, 11) is 0. The van der Waals surface area contributed by atoms with E-state index >= 15 is 0 Å². The van der Waals surface area contributed by atoms with Gasteiger partial charge in [0.1, 0.15) is 97.7 Å². The zero-order chi connectivity index (χ0) is 79.9. The van der Waals surface area contributed by atoms with Crippen LogP contribution in [0.3, 0.4) is 0 Å². The third-order valence-corrected chi connectivity index (χ3v) is 6.74. The van der Waals surface area contributed by atoms with E-state index in [-0.39, 0.29) is 211 Å². The van der Waals surface area contributed by atoms with Gasteiger partial charge in [0.2, 0.25) is 0 Å². The van der Waals surface area contributed by atoms with Gasteiger partial charge >= 0.3 is 0 Å². The molecule has 0 aromatic heterocycles. The van der Waals surface area contributed by atoms with E-state index in [4.69, 9.17) is 245 Å². The molecule has 48 N–H and O–H groups in total. The Balaban J connectivity index is -0.0000000508. The SMILES string of the molecule is OCC(O)CO.OCC(O)CO.OCC(O)CO.OCC(O)CO.OCC(O)CO.OCC(O)CO.OCC(O)CO.OCC(O)CO.OCC(O)CO.OCC(O)CO.OCC(O)CO.OCC(O)CO.OCC(O)CO.OCC(O)CO.OCC(O)CO.OCC(O)CO. The van der Waals surface area contributed by atoms with Gasteiger partial charge in [0, 0.05) is 0 Å². The van der Waals surface area contributed by atoms with Crippen LogP contribution >= 0.6 is 0 Å². The molecule has 96 heavy (non-hydrogen) atoms. The van der Waals surface area contributed by atoms with E-state index in [1.165, 1.54) is 0 Å². The molecule has 48 nitrogen and oxygen atoms in total. The van der Waals surface area contributed by atoms with Gasteiger partial charge in [0.15, 0.2) is 0 Å². The van der Waals surface area contributed by atoms with Crippen molar-refractivity contribution in [2.24, 2.45) is 0 Å². The molecule has 0 radical (unpaired) electrons. The topological polar surface area (TPSA) is 971 Å². The van der Waals surface area contributed by atoms with Crippen molar-refractivity contribution >= 4 is 0 Å². The molecule has 0 fully saturated rings. The quantitative estimate of drug-likeness (QED) is 0.0297. The van der Waals surface area contributed by atoms with E-state index in [1.54, 1.807) is 0 Å². The van der Waals surface area contributed by atoms with Gasteiger partial charge in [-0.25, -0.2) is 0 Å². The molecule has 0 amide bonds. The molecule has 0 aliphatic heterocycles. The molecule has 0 aliphatic carbocycles. The zero-order valence-electron chi connectivity index (χ0n) is 53.3. The second-order valence-electron chi connectivity index (χ2n) is 16.3. The molecule has 0 spiro atoms. The molecule has 48 heteroatoms. The van der Waals surface area contributed by atoms with Crippen molar-refractivity contribution in [3.8, 4) is 0 Å². The number of hydrogen-bond acceptors (Lipinski definition) is 48. The van der Waals surface area contributed by atoms with Gasteiger partial charge in [-0.05, 0) is 0 Å². The van der Waals surface area contributed by atoms with E-state index in [0.717, 1.165) is 0 Å². The van der Waals surface area contributed by atoms with Crippen molar-refractivity contribution in [2.45, 2.75) is 97.7 Å². The van der Waals surface area contributed by atoms with Crippen molar-refractivity contribution < 1.29 is 245 Å². The summed E-state index contributed by atoms with van der Waals surface area (Å²) in [6.07, 6.45) is -15.3. The normalized spacial score (nSPS) is 10.0. The molecule has 0 atom stereocenters. The summed E-state index contributed by atoms with van der Waals surface area (Å²) >= 11 is 0. The van der Waals surface area contributed by atoms with Crippen LogP contribution in [0, 0.1) is 0 Å². The van der Waals surface area contributed by atoms with Gasteiger partial charge in [0.05, 0.1) is 211 Å². The fourth-order valence-electron chi connectivity index (χ4n) is 0.924. The Kier molecular flexibility index (Phi) is 180. The van der Waals surface area contributed by atoms with Gasteiger partial charge < -0.3 is 245 Å². The van der Waals surface area contributed by atoms with Crippen LogP contribution in [0.4, 0.5) is 0 Å². The molecule has 0 saturated carbocycles. The molecule has 0 bridgehead atoms. The van der Waals surface area contributed by atoms with Crippen molar-refractivity contribution in [2.75, 3.05) is 211 Å². The summed E-state index contributed by atoms with van der Waals surface area (Å²) in [4.78, 5) is 0. The van der Waals surface area contributed by atoms with Gasteiger partial charge in [-0.2, -0.15) is 0 Å². The van der Waals surface area contributed by atoms with Gasteiger partial charge in [-0.15, -0.1) is 0 Å². The standard InChI is InChI=1S/16C3H8O3/c16*4-1-3(6)2-5/h16*3-6H,1-2H2. The first-order valence-corrected chi connectivity index (χ1v) is 27.3. The Morgan fingerprint density at radius 1 is 0.0729 bits per heavy atom. The van der Waals surface area contributed by atoms with Crippen LogP contribution in [0.25, 0.3) is 0 Å². The Hall–Kier alpha value is -1.92. The summed E-state index contributed by atoms with van der Waals surface area (Å²) in [6.45, 7) is -11.7. The van der Waals surface area contributed by atoms with E-state index in [9.17, 15) is 0 Å². The van der Waals surface area contributed by atoms with Crippen LogP contribution in [0.5, 0.6) is 0 Å². The largest absolute Gasteiger partial charge is 0.394 e. The number of aliphatic hydroxyl groups excluding tert-OH is 48. The predicted molar refractivity (Wildman–Crippen MR) is 323 cm³/mol. The van der Waals surface area contributed by atoms with Crippen LogP contribution < -0.4 is 0 Å². The van der Waals surface area contributed by atoms with E-state index in [1.807, 2.05) is 0 Å². The second-order valence-corrected chi connectivity index (χ2v) is 16.3. The highest BCUT2D eigenvalue weighted by molar-refractivity contribution is 4.50. The van der Waals surface area contributed by atoms with Crippen LogP contribution in [0.2, 0.25) is 0 Å². The van der Waals surface area contributed by atoms with E-state index < -0.39 is 97.7 Å². The maximum Gasteiger partial charge on any atom is 0.100 e. The minimum Gasteiger partial charge on any atom is -0.394 e. The molecule has 0 unspecified atom stereocenters. The zero-order valence-corrected chi connectivity index (χ0v) is 53.3. The molecule has 0 aromatic rings. The van der Waals surface area contributed by atoms with Crippen molar-refractivity contribution in [1.29, 1.82) is 0 Å². The first kappa shape index (κ1) is 134. The minimum atomic E-state index is -0.954.